The van der Waals surface area contributed by atoms with Gasteiger partial charge in [-0.25, -0.2) is 5.84 Å². The Labute approximate surface area is 114 Å². The average molecular weight is 265 g/mol. The van der Waals surface area contributed by atoms with Crippen molar-refractivity contribution in [2.75, 3.05) is 12.0 Å². The van der Waals surface area contributed by atoms with Crippen LogP contribution in [0.25, 0.3) is 0 Å². The highest BCUT2D eigenvalue weighted by Gasteiger charge is 2.21. The molecule has 1 aromatic rings. The summed E-state index contributed by atoms with van der Waals surface area (Å²) in [4.78, 5) is 14.3. The van der Waals surface area contributed by atoms with Crippen molar-refractivity contribution < 1.29 is 4.79 Å². The molecule has 1 unspecified atom stereocenters. The highest BCUT2D eigenvalue weighted by atomic mass is 16.2. The summed E-state index contributed by atoms with van der Waals surface area (Å²) in [6.07, 6.45) is 2.97. The van der Waals surface area contributed by atoms with Crippen molar-refractivity contribution in [3.63, 3.8) is 0 Å². The van der Waals surface area contributed by atoms with Gasteiger partial charge in [0.05, 0.1) is 0 Å². The van der Waals surface area contributed by atoms with Gasteiger partial charge < -0.3 is 10.3 Å². The van der Waals surface area contributed by atoms with Crippen LogP contribution in [0.2, 0.25) is 0 Å². The van der Waals surface area contributed by atoms with Crippen molar-refractivity contribution in [3.05, 3.63) is 17.8 Å². The third-order valence-corrected chi connectivity index (χ3v) is 3.17. The van der Waals surface area contributed by atoms with E-state index in [0.717, 1.165) is 25.8 Å². The van der Waals surface area contributed by atoms with Gasteiger partial charge >= 0.3 is 0 Å². The van der Waals surface area contributed by atoms with E-state index in [-0.39, 0.29) is 11.9 Å². The summed E-state index contributed by atoms with van der Waals surface area (Å²) in [5.74, 6) is 5.60. The maximum atomic E-state index is 12.4. The van der Waals surface area contributed by atoms with Crippen molar-refractivity contribution in [2.24, 2.45) is 5.84 Å². The van der Waals surface area contributed by atoms with Gasteiger partial charge in [0.15, 0.2) is 11.5 Å². The Bertz CT molecular complexity index is 393. The largest absolute Gasteiger partial charge is 0.335 e. The molecule has 3 N–H and O–H groups in total. The topological polar surface area (TPSA) is 84.1 Å². The van der Waals surface area contributed by atoms with Crippen LogP contribution in [-0.4, -0.2) is 33.6 Å². The van der Waals surface area contributed by atoms with Gasteiger partial charge in [-0.3, -0.25) is 4.79 Å². The van der Waals surface area contributed by atoms with E-state index >= 15 is 0 Å². The first-order valence-electron chi connectivity index (χ1n) is 6.75. The predicted octanol–water partition coefficient (Wildman–Crippen LogP) is 1.80. The molecule has 1 atom stereocenters. The van der Waals surface area contributed by atoms with Crippen molar-refractivity contribution in [1.29, 1.82) is 0 Å². The minimum absolute atomic E-state index is 0.0705. The molecule has 1 rings (SSSR count). The number of nitrogens with two attached hydrogens (primary N) is 1. The number of carbonyl (C=O) groups excluding carboxylic acids is 1. The number of rotatable bonds is 7. The summed E-state index contributed by atoms with van der Waals surface area (Å²) >= 11 is 0. The van der Waals surface area contributed by atoms with Crippen LogP contribution in [0, 0.1) is 0 Å². The number of carbonyl (C=O) groups is 1. The summed E-state index contributed by atoms with van der Waals surface area (Å²) in [5, 5.41) is 7.74. The van der Waals surface area contributed by atoms with Crippen LogP contribution in [0.5, 0.6) is 0 Å². The molecule has 6 heteroatoms. The van der Waals surface area contributed by atoms with Crippen LogP contribution in [-0.2, 0) is 0 Å². The van der Waals surface area contributed by atoms with Gasteiger partial charge in [0.2, 0.25) is 0 Å². The van der Waals surface area contributed by atoms with Crippen molar-refractivity contribution in [3.8, 4) is 0 Å². The quantitative estimate of drug-likeness (QED) is 0.580. The molecule has 1 heterocycles. The zero-order chi connectivity index (χ0) is 14.3. The lowest BCUT2D eigenvalue weighted by molar-refractivity contribution is 0.0678. The van der Waals surface area contributed by atoms with E-state index in [1.807, 2.05) is 4.90 Å². The van der Waals surface area contributed by atoms with Gasteiger partial charge in [0.25, 0.3) is 5.91 Å². The van der Waals surface area contributed by atoms with E-state index in [2.05, 4.69) is 36.4 Å². The van der Waals surface area contributed by atoms with E-state index in [9.17, 15) is 4.79 Å². The first-order chi connectivity index (χ1) is 9.13. The normalized spacial score (nSPS) is 12.0. The summed E-state index contributed by atoms with van der Waals surface area (Å²) in [6, 6.07) is 3.49. The smallest absolute Gasteiger partial charge is 0.274 e. The zero-order valence-electron chi connectivity index (χ0n) is 11.9. The van der Waals surface area contributed by atoms with Gasteiger partial charge in [-0.2, -0.15) is 0 Å². The predicted molar refractivity (Wildman–Crippen MR) is 75.5 cm³/mol. The number of anilines is 1. The standard InChI is InChI=1S/C13H23N5O/c1-4-6-9-18(10(3)5-2)13(19)11-7-8-12(15-14)17-16-11/h7-8,10H,4-6,9,14H2,1-3H3,(H,15,17). The number of hydrogen-bond acceptors (Lipinski definition) is 5. The first kappa shape index (κ1) is 15.4. The molecule has 0 aliphatic rings. The first-order valence-corrected chi connectivity index (χ1v) is 6.75. The number of nitrogens with zero attached hydrogens (tertiary/aromatic N) is 3. The van der Waals surface area contributed by atoms with E-state index in [1.54, 1.807) is 12.1 Å². The molecule has 1 amide bonds. The lowest BCUT2D eigenvalue weighted by atomic mass is 10.1. The van der Waals surface area contributed by atoms with Gasteiger partial charge in [0.1, 0.15) is 0 Å². The fourth-order valence-electron chi connectivity index (χ4n) is 1.74. The zero-order valence-corrected chi connectivity index (χ0v) is 11.9. The average Bonchev–Trinajstić information content (AvgIpc) is 2.47. The Morgan fingerprint density at radius 2 is 2.16 bits per heavy atom. The van der Waals surface area contributed by atoms with Gasteiger partial charge in [-0.15, -0.1) is 10.2 Å². The maximum Gasteiger partial charge on any atom is 0.274 e. The summed E-state index contributed by atoms with van der Waals surface area (Å²) in [5.41, 5.74) is 2.75. The Morgan fingerprint density at radius 3 is 2.63 bits per heavy atom. The van der Waals surface area contributed by atoms with Crippen molar-refractivity contribution in [1.82, 2.24) is 15.1 Å². The Balaban J connectivity index is 2.84. The van der Waals surface area contributed by atoms with Crippen LogP contribution in [0.15, 0.2) is 12.1 Å². The molecule has 19 heavy (non-hydrogen) atoms. The molecule has 6 nitrogen and oxygen atoms in total. The number of nitrogen functional groups attached to an aromatic ring is 1. The molecule has 0 aliphatic carbocycles. The molecule has 1 aromatic heterocycles. The number of hydrazine groups is 1. The van der Waals surface area contributed by atoms with E-state index in [4.69, 9.17) is 5.84 Å². The Kier molecular flexibility index (Phi) is 6.21. The molecule has 0 radical (unpaired) electrons. The molecule has 0 spiro atoms. The number of hydrogen-bond donors (Lipinski definition) is 2. The molecular weight excluding hydrogens is 242 g/mol. The molecule has 106 valence electrons. The van der Waals surface area contributed by atoms with Crippen LogP contribution < -0.4 is 11.3 Å². The lowest BCUT2D eigenvalue weighted by Crippen LogP contribution is -2.39. The molecule has 0 bridgehead atoms. The second-order valence-corrected chi connectivity index (χ2v) is 4.56. The van der Waals surface area contributed by atoms with E-state index in [1.165, 1.54) is 0 Å². The highest BCUT2D eigenvalue weighted by Crippen LogP contribution is 2.11. The lowest BCUT2D eigenvalue weighted by Gasteiger charge is -2.28. The monoisotopic (exact) mass is 265 g/mol. The molecular formula is C13H23N5O. The Hall–Kier alpha value is -1.69. The SMILES string of the molecule is CCCCN(C(=O)c1ccc(NN)nn1)C(C)CC. The fraction of sp³-hybridized carbons (Fsp3) is 0.615. The molecule has 0 aromatic carbocycles. The second-order valence-electron chi connectivity index (χ2n) is 4.56. The van der Waals surface area contributed by atoms with Gasteiger partial charge in [0, 0.05) is 12.6 Å². The summed E-state index contributed by atoms with van der Waals surface area (Å²) in [7, 11) is 0. The molecule has 0 saturated heterocycles. The van der Waals surface area contributed by atoms with Gasteiger partial charge in [-0.1, -0.05) is 20.3 Å². The Morgan fingerprint density at radius 1 is 1.42 bits per heavy atom. The second kappa shape index (κ2) is 7.68. The fourth-order valence-corrected chi connectivity index (χ4v) is 1.74. The van der Waals surface area contributed by atoms with Crippen LogP contribution in [0.4, 0.5) is 5.82 Å². The minimum Gasteiger partial charge on any atom is -0.335 e. The van der Waals surface area contributed by atoms with Crippen molar-refractivity contribution >= 4 is 11.7 Å². The summed E-state index contributed by atoms with van der Waals surface area (Å²) < 4.78 is 0. The third-order valence-electron chi connectivity index (χ3n) is 3.17. The van der Waals surface area contributed by atoms with E-state index in [0.29, 0.717) is 11.5 Å². The van der Waals surface area contributed by atoms with E-state index < -0.39 is 0 Å². The summed E-state index contributed by atoms with van der Waals surface area (Å²) in [6.45, 7) is 6.99. The van der Waals surface area contributed by atoms with Gasteiger partial charge in [-0.05, 0) is 31.9 Å². The number of amides is 1. The number of unbranched alkanes of at least 4 members (excludes halogenated alkanes) is 1. The highest BCUT2D eigenvalue weighted by molar-refractivity contribution is 5.92. The number of aromatic nitrogens is 2. The minimum atomic E-state index is -0.0705. The van der Waals surface area contributed by atoms with Crippen LogP contribution in [0.3, 0.4) is 0 Å². The van der Waals surface area contributed by atoms with Crippen molar-refractivity contribution in [2.45, 2.75) is 46.1 Å². The van der Waals surface area contributed by atoms with Crippen LogP contribution >= 0.6 is 0 Å². The molecule has 0 saturated carbocycles. The molecule has 0 fully saturated rings. The maximum absolute atomic E-state index is 12.4. The van der Waals surface area contributed by atoms with Crippen LogP contribution in [0.1, 0.15) is 50.5 Å². The third kappa shape index (κ3) is 4.17. The molecule has 0 aliphatic heterocycles. The number of nitrogens with one attached hydrogen (secondary N) is 1.